The minimum atomic E-state index is -4.63. The Morgan fingerprint density at radius 2 is 2.15 bits per heavy atom. The molecule has 2 aromatic rings. The predicted molar refractivity (Wildman–Crippen MR) is 81.2 cm³/mol. The van der Waals surface area contributed by atoms with E-state index in [1.165, 1.54) is 10.7 Å². The zero-order chi connectivity index (χ0) is 18.5. The molecule has 2 fully saturated rings. The molecule has 1 amide bonds. The van der Waals surface area contributed by atoms with Gasteiger partial charge in [0.25, 0.3) is 0 Å². The first-order valence-electron chi connectivity index (χ1n) is 7.96. The molecule has 2 N–H and O–H groups in total. The molecule has 8 nitrogen and oxygen atoms in total. The van der Waals surface area contributed by atoms with Gasteiger partial charge in [-0.1, -0.05) is 0 Å². The van der Waals surface area contributed by atoms with Crippen LogP contribution in [0.2, 0.25) is 0 Å². The topological polar surface area (TPSA) is 99.2 Å². The minimum absolute atomic E-state index is 0.0363. The van der Waals surface area contributed by atoms with E-state index < -0.39 is 17.6 Å². The van der Waals surface area contributed by atoms with Gasteiger partial charge in [0, 0.05) is 18.2 Å². The summed E-state index contributed by atoms with van der Waals surface area (Å²) >= 11 is 0. The summed E-state index contributed by atoms with van der Waals surface area (Å²) in [6, 6.07) is 3.11. The fraction of sp³-hybridized carbons (Fsp3) is 0.467. The number of halogens is 3. The Kier molecular flexibility index (Phi) is 3.92. The predicted octanol–water partition coefficient (Wildman–Crippen LogP) is 0.753. The van der Waals surface area contributed by atoms with E-state index in [1.807, 2.05) is 0 Å². The number of hydrogen-bond acceptors (Lipinski definition) is 6. The molecular formula is C15H15F3N6O2. The molecule has 2 atom stereocenters. The summed E-state index contributed by atoms with van der Waals surface area (Å²) in [6.07, 6.45) is -3.52. The summed E-state index contributed by atoms with van der Waals surface area (Å²) < 4.78 is 46.2. The number of fused-ring (bicyclic) bond motifs is 2. The summed E-state index contributed by atoms with van der Waals surface area (Å²) in [5.41, 5.74) is 3.96. The van der Waals surface area contributed by atoms with Gasteiger partial charge in [-0.15, -0.1) is 5.10 Å². The van der Waals surface area contributed by atoms with Gasteiger partial charge >= 0.3 is 6.18 Å². The molecular weight excluding hydrogens is 353 g/mol. The number of carbonyl (C=O) groups is 1. The second-order valence-electron chi connectivity index (χ2n) is 6.41. The first kappa shape index (κ1) is 16.9. The highest BCUT2D eigenvalue weighted by Gasteiger charge is 2.39. The monoisotopic (exact) mass is 368 g/mol. The number of alkyl halides is 3. The molecule has 0 saturated carbocycles. The maximum Gasteiger partial charge on any atom is 0.416 e. The van der Waals surface area contributed by atoms with Crippen LogP contribution in [-0.2, 0) is 17.5 Å². The maximum atomic E-state index is 13.1. The summed E-state index contributed by atoms with van der Waals surface area (Å²) in [5.74, 6) is -0.576. The molecule has 3 heterocycles. The van der Waals surface area contributed by atoms with Crippen molar-refractivity contribution in [2.75, 3.05) is 13.2 Å². The van der Waals surface area contributed by atoms with Crippen LogP contribution in [0.15, 0.2) is 18.2 Å². The van der Waals surface area contributed by atoms with Crippen LogP contribution in [0.1, 0.15) is 28.2 Å². The largest absolute Gasteiger partial charge is 0.416 e. The third-order valence-corrected chi connectivity index (χ3v) is 4.67. The van der Waals surface area contributed by atoms with E-state index in [0.29, 0.717) is 25.0 Å². The lowest BCUT2D eigenvalue weighted by atomic mass is 10.1. The van der Waals surface area contributed by atoms with Gasteiger partial charge in [-0.2, -0.15) is 17.9 Å². The quantitative estimate of drug-likeness (QED) is 0.855. The number of amides is 1. The Hall–Kier alpha value is -2.53. The minimum Gasteiger partial charge on any atom is -0.375 e. The van der Waals surface area contributed by atoms with E-state index in [-0.39, 0.29) is 23.4 Å². The Balaban J connectivity index is 1.69. The first-order valence-corrected chi connectivity index (χ1v) is 7.96. The molecule has 1 aromatic carbocycles. The van der Waals surface area contributed by atoms with Gasteiger partial charge in [0.1, 0.15) is 0 Å². The van der Waals surface area contributed by atoms with Crippen molar-refractivity contribution in [3.63, 3.8) is 0 Å². The van der Waals surface area contributed by atoms with Crippen LogP contribution in [0, 0.1) is 0 Å². The van der Waals surface area contributed by atoms with Crippen LogP contribution in [0.3, 0.4) is 0 Å². The van der Waals surface area contributed by atoms with E-state index >= 15 is 0 Å². The number of primary amides is 1. The van der Waals surface area contributed by atoms with Crippen molar-refractivity contribution in [1.29, 1.82) is 0 Å². The van der Waals surface area contributed by atoms with E-state index in [9.17, 15) is 18.0 Å². The first-order chi connectivity index (χ1) is 12.3. The van der Waals surface area contributed by atoms with Crippen molar-refractivity contribution in [2.24, 2.45) is 5.73 Å². The lowest BCUT2D eigenvalue weighted by Gasteiger charge is -2.25. The molecule has 2 aliphatic heterocycles. The number of morpholine rings is 1. The summed E-state index contributed by atoms with van der Waals surface area (Å²) in [7, 11) is 0. The Morgan fingerprint density at radius 3 is 2.77 bits per heavy atom. The van der Waals surface area contributed by atoms with Gasteiger partial charge < -0.3 is 10.5 Å². The molecule has 1 unspecified atom stereocenters. The second-order valence-corrected chi connectivity index (χ2v) is 6.41. The number of hydrogen-bond donors (Lipinski definition) is 1. The fourth-order valence-electron chi connectivity index (χ4n) is 3.40. The lowest BCUT2D eigenvalue weighted by Crippen LogP contribution is -2.37. The Labute approximate surface area is 145 Å². The van der Waals surface area contributed by atoms with Crippen molar-refractivity contribution >= 4 is 5.91 Å². The number of benzene rings is 1. The average molecular weight is 368 g/mol. The number of rotatable bonds is 4. The van der Waals surface area contributed by atoms with Crippen molar-refractivity contribution in [3.8, 4) is 5.69 Å². The van der Waals surface area contributed by atoms with Gasteiger partial charge in [0.2, 0.25) is 5.91 Å². The maximum absolute atomic E-state index is 13.1. The van der Waals surface area contributed by atoms with Gasteiger partial charge in [-0.05, 0) is 35.0 Å². The van der Waals surface area contributed by atoms with Crippen molar-refractivity contribution in [1.82, 2.24) is 25.1 Å². The highest BCUT2D eigenvalue weighted by Crippen LogP contribution is 2.32. The van der Waals surface area contributed by atoms with E-state index in [2.05, 4.69) is 20.4 Å². The molecule has 26 heavy (non-hydrogen) atoms. The van der Waals surface area contributed by atoms with Gasteiger partial charge in [-0.3, -0.25) is 9.69 Å². The number of carbonyl (C=O) groups excluding carboxylic acids is 1. The van der Waals surface area contributed by atoms with Crippen LogP contribution in [0.25, 0.3) is 5.69 Å². The summed E-state index contributed by atoms with van der Waals surface area (Å²) in [5, 5.41) is 11.3. The third kappa shape index (κ3) is 3.03. The van der Waals surface area contributed by atoms with Gasteiger partial charge in [0.15, 0.2) is 5.82 Å². The van der Waals surface area contributed by atoms with Crippen LogP contribution in [-0.4, -0.2) is 56.3 Å². The van der Waals surface area contributed by atoms with Crippen LogP contribution in [0.5, 0.6) is 0 Å². The summed E-state index contributed by atoms with van der Waals surface area (Å²) in [6.45, 7) is 1.73. The molecule has 0 radical (unpaired) electrons. The third-order valence-electron chi connectivity index (χ3n) is 4.67. The molecule has 0 spiro atoms. The van der Waals surface area contributed by atoms with Gasteiger partial charge in [0.05, 0.1) is 30.5 Å². The highest BCUT2D eigenvalue weighted by molar-refractivity contribution is 5.93. The highest BCUT2D eigenvalue weighted by atomic mass is 19.4. The molecule has 0 aliphatic carbocycles. The molecule has 1 aromatic heterocycles. The Bertz CT molecular complexity index is 852. The zero-order valence-electron chi connectivity index (χ0n) is 13.5. The van der Waals surface area contributed by atoms with Crippen molar-refractivity contribution < 1.29 is 22.7 Å². The number of nitrogens with zero attached hydrogens (tertiary/aromatic N) is 5. The van der Waals surface area contributed by atoms with Crippen molar-refractivity contribution in [2.45, 2.75) is 31.3 Å². The number of likely N-dealkylation sites (tertiary alicyclic amines) is 1. The molecule has 4 rings (SSSR count). The Morgan fingerprint density at radius 1 is 1.35 bits per heavy atom. The number of aromatic nitrogens is 4. The fourth-order valence-corrected chi connectivity index (χ4v) is 3.40. The van der Waals surface area contributed by atoms with Crippen LogP contribution >= 0.6 is 0 Å². The van der Waals surface area contributed by atoms with E-state index in [4.69, 9.17) is 10.5 Å². The van der Waals surface area contributed by atoms with Gasteiger partial charge in [-0.25, -0.2) is 0 Å². The number of ether oxygens (including phenoxy) is 1. The average Bonchev–Trinajstić information content (AvgIpc) is 3.30. The van der Waals surface area contributed by atoms with Crippen LogP contribution in [0.4, 0.5) is 13.2 Å². The number of nitrogens with two attached hydrogens (primary N) is 1. The SMILES string of the molecule is NC(=O)c1cc(-n2nnnc2CN2CC3C[C@H]2CO3)cc(C(F)(F)F)c1. The lowest BCUT2D eigenvalue weighted by molar-refractivity contribution is -0.137. The smallest absolute Gasteiger partial charge is 0.375 e. The standard InChI is InChI=1S/C15H15F3N6O2/c16-15(17,18)9-1-8(14(19)25)2-10(3-9)24-13(20-21-22-24)6-23-5-12-4-11(23)7-26-12/h1-3,11-12H,4-7H2,(H2,19,25)/t11-,12?/m0/s1. The molecule has 2 aliphatic rings. The molecule has 11 heteroatoms. The zero-order valence-corrected chi connectivity index (χ0v) is 13.5. The molecule has 2 saturated heterocycles. The number of tetrazole rings is 1. The van der Waals surface area contributed by atoms with E-state index in [1.54, 1.807) is 0 Å². The van der Waals surface area contributed by atoms with Crippen LogP contribution < -0.4 is 5.73 Å². The summed E-state index contributed by atoms with van der Waals surface area (Å²) in [4.78, 5) is 13.6. The van der Waals surface area contributed by atoms with Crippen molar-refractivity contribution in [3.05, 3.63) is 35.2 Å². The molecule has 2 bridgehead atoms. The second kappa shape index (κ2) is 6.02. The molecule has 138 valence electrons. The van der Waals surface area contributed by atoms with E-state index in [0.717, 1.165) is 19.0 Å². The normalized spacial score (nSPS) is 22.9.